The first-order valence-electron chi connectivity index (χ1n) is 9.86. The molecule has 2 rings (SSSR count). The Balaban J connectivity index is 2.05. The highest BCUT2D eigenvalue weighted by molar-refractivity contribution is 5.99. The van der Waals surface area contributed by atoms with E-state index in [0.717, 1.165) is 25.7 Å². The van der Waals surface area contributed by atoms with Gasteiger partial charge in [-0.3, -0.25) is 9.59 Å². The van der Waals surface area contributed by atoms with Crippen molar-refractivity contribution in [3.8, 4) is 5.75 Å². The summed E-state index contributed by atoms with van der Waals surface area (Å²) in [7, 11) is 0. The summed E-state index contributed by atoms with van der Waals surface area (Å²) in [6, 6.07) is 6.79. The van der Waals surface area contributed by atoms with Gasteiger partial charge in [0.1, 0.15) is 11.8 Å². The van der Waals surface area contributed by atoms with E-state index in [9.17, 15) is 9.59 Å². The van der Waals surface area contributed by atoms with Crippen molar-refractivity contribution in [3.05, 3.63) is 29.8 Å². The van der Waals surface area contributed by atoms with Crippen LogP contribution in [0.2, 0.25) is 0 Å². The fourth-order valence-electron chi connectivity index (χ4n) is 3.40. The van der Waals surface area contributed by atoms with Gasteiger partial charge >= 0.3 is 0 Å². The lowest BCUT2D eigenvalue weighted by atomic mass is 10.0. The van der Waals surface area contributed by atoms with Crippen LogP contribution in [0.4, 0.5) is 0 Å². The van der Waals surface area contributed by atoms with E-state index in [1.165, 1.54) is 12.8 Å². The van der Waals surface area contributed by atoms with E-state index in [-0.39, 0.29) is 23.8 Å². The van der Waals surface area contributed by atoms with Crippen LogP contribution in [0.15, 0.2) is 24.3 Å². The van der Waals surface area contributed by atoms with Gasteiger partial charge in [-0.2, -0.15) is 0 Å². The number of carbonyl (C=O) groups excluding carboxylic acids is 2. The van der Waals surface area contributed by atoms with Crippen LogP contribution < -0.4 is 15.4 Å². The molecule has 0 aromatic heterocycles. The first-order chi connectivity index (χ1) is 12.5. The molecule has 1 aliphatic rings. The Bertz CT molecular complexity index is 593. The molecule has 1 saturated carbocycles. The number of rotatable bonds is 7. The summed E-state index contributed by atoms with van der Waals surface area (Å²) >= 11 is 0. The summed E-state index contributed by atoms with van der Waals surface area (Å²) in [6.45, 7) is 6.27. The Labute approximate surface area is 156 Å². The van der Waals surface area contributed by atoms with Gasteiger partial charge < -0.3 is 15.4 Å². The largest absolute Gasteiger partial charge is 0.493 e. The van der Waals surface area contributed by atoms with Crippen molar-refractivity contribution in [2.75, 3.05) is 6.61 Å². The van der Waals surface area contributed by atoms with Gasteiger partial charge in [-0.25, -0.2) is 0 Å². The first kappa shape index (κ1) is 20.3. The van der Waals surface area contributed by atoms with Crippen LogP contribution in [0.3, 0.4) is 0 Å². The number of benzene rings is 1. The third-order valence-corrected chi connectivity index (χ3v) is 4.87. The topological polar surface area (TPSA) is 67.4 Å². The molecule has 0 heterocycles. The number of hydrogen-bond donors (Lipinski definition) is 2. The van der Waals surface area contributed by atoms with Gasteiger partial charge in [-0.15, -0.1) is 0 Å². The second-order valence-corrected chi connectivity index (χ2v) is 7.32. The molecule has 0 bridgehead atoms. The molecule has 1 unspecified atom stereocenters. The van der Waals surface area contributed by atoms with Crippen LogP contribution in [-0.2, 0) is 4.79 Å². The van der Waals surface area contributed by atoms with Crippen LogP contribution >= 0.6 is 0 Å². The standard InChI is InChI=1S/C21H32N2O3/c1-4-26-18-14-10-9-13-17(18)20(24)23-19(15(2)3)21(25)22-16-11-7-5-6-8-12-16/h9-10,13-16,19H,4-8,11-12H2,1-3H3,(H,22,25)(H,23,24). The quantitative estimate of drug-likeness (QED) is 0.729. The third kappa shape index (κ3) is 5.75. The van der Waals surface area contributed by atoms with Gasteiger partial charge in [0.15, 0.2) is 0 Å². The normalized spacial score (nSPS) is 16.6. The molecule has 0 aliphatic heterocycles. The molecule has 2 amide bonds. The highest BCUT2D eigenvalue weighted by atomic mass is 16.5. The Hall–Kier alpha value is -2.04. The maximum absolute atomic E-state index is 12.8. The lowest BCUT2D eigenvalue weighted by molar-refractivity contribution is -0.124. The lowest BCUT2D eigenvalue weighted by Gasteiger charge is -2.25. The zero-order valence-electron chi connectivity index (χ0n) is 16.2. The molecule has 1 aromatic rings. The molecule has 1 aliphatic carbocycles. The van der Waals surface area contributed by atoms with E-state index in [1.54, 1.807) is 18.2 Å². The number of amides is 2. The van der Waals surface area contributed by atoms with Crippen molar-refractivity contribution < 1.29 is 14.3 Å². The summed E-state index contributed by atoms with van der Waals surface area (Å²) < 4.78 is 5.53. The smallest absolute Gasteiger partial charge is 0.255 e. The predicted molar refractivity (Wildman–Crippen MR) is 103 cm³/mol. The lowest BCUT2D eigenvalue weighted by Crippen LogP contribution is -2.52. The SMILES string of the molecule is CCOc1ccccc1C(=O)NC(C(=O)NC1CCCCCC1)C(C)C. The fourth-order valence-corrected chi connectivity index (χ4v) is 3.40. The van der Waals surface area contributed by atoms with E-state index >= 15 is 0 Å². The molecule has 1 atom stereocenters. The summed E-state index contributed by atoms with van der Waals surface area (Å²) in [5, 5.41) is 6.06. The van der Waals surface area contributed by atoms with Gasteiger partial charge in [0, 0.05) is 6.04 Å². The van der Waals surface area contributed by atoms with Crippen molar-refractivity contribution in [2.24, 2.45) is 5.92 Å². The number of para-hydroxylation sites is 1. The number of hydrogen-bond acceptors (Lipinski definition) is 3. The molecular formula is C21H32N2O3. The van der Waals surface area contributed by atoms with Crippen molar-refractivity contribution in [1.29, 1.82) is 0 Å². The Kier molecular flexibility index (Phi) is 7.95. The zero-order chi connectivity index (χ0) is 18.9. The minimum Gasteiger partial charge on any atom is -0.493 e. The minimum atomic E-state index is -0.555. The third-order valence-electron chi connectivity index (χ3n) is 4.87. The molecular weight excluding hydrogens is 328 g/mol. The van der Waals surface area contributed by atoms with Crippen molar-refractivity contribution in [1.82, 2.24) is 10.6 Å². The molecule has 144 valence electrons. The molecule has 1 fully saturated rings. The maximum atomic E-state index is 12.8. The predicted octanol–water partition coefficient (Wildman–Crippen LogP) is 3.68. The average molecular weight is 360 g/mol. The molecule has 0 saturated heterocycles. The van der Waals surface area contributed by atoms with Crippen LogP contribution in [0.1, 0.15) is 69.7 Å². The van der Waals surface area contributed by atoms with Crippen molar-refractivity contribution >= 4 is 11.8 Å². The van der Waals surface area contributed by atoms with Gasteiger partial charge in [0.05, 0.1) is 12.2 Å². The van der Waals surface area contributed by atoms with E-state index in [4.69, 9.17) is 4.74 Å². The summed E-state index contributed by atoms with van der Waals surface area (Å²) in [5.41, 5.74) is 0.460. The van der Waals surface area contributed by atoms with Gasteiger partial charge in [-0.05, 0) is 37.8 Å². The van der Waals surface area contributed by atoms with Crippen LogP contribution in [0.5, 0.6) is 5.75 Å². The van der Waals surface area contributed by atoms with E-state index in [1.807, 2.05) is 26.8 Å². The molecule has 0 radical (unpaired) electrons. The van der Waals surface area contributed by atoms with Crippen LogP contribution in [0, 0.1) is 5.92 Å². The first-order valence-corrected chi connectivity index (χ1v) is 9.86. The van der Waals surface area contributed by atoms with E-state index < -0.39 is 6.04 Å². The molecule has 2 N–H and O–H groups in total. The molecule has 5 nitrogen and oxygen atoms in total. The highest BCUT2D eigenvalue weighted by Gasteiger charge is 2.27. The van der Waals surface area contributed by atoms with Crippen molar-refractivity contribution in [2.45, 2.75) is 71.4 Å². The number of ether oxygens (including phenoxy) is 1. The highest BCUT2D eigenvalue weighted by Crippen LogP contribution is 2.20. The number of carbonyl (C=O) groups is 2. The fraction of sp³-hybridized carbons (Fsp3) is 0.619. The molecule has 26 heavy (non-hydrogen) atoms. The monoisotopic (exact) mass is 360 g/mol. The zero-order valence-corrected chi connectivity index (χ0v) is 16.2. The molecule has 5 heteroatoms. The molecule has 0 spiro atoms. The summed E-state index contributed by atoms with van der Waals surface area (Å²) in [5.74, 6) is 0.182. The van der Waals surface area contributed by atoms with Crippen LogP contribution in [0.25, 0.3) is 0 Å². The van der Waals surface area contributed by atoms with Crippen LogP contribution in [-0.4, -0.2) is 30.5 Å². The second-order valence-electron chi connectivity index (χ2n) is 7.32. The number of nitrogens with one attached hydrogen (secondary N) is 2. The van der Waals surface area contributed by atoms with E-state index in [0.29, 0.717) is 17.9 Å². The Morgan fingerprint density at radius 2 is 1.77 bits per heavy atom. The second kappa shape index (κ2) is 10.2. The maximum Gasteiger partial charge on any atom is 0.255 e. The summed E-state index contributed by atoms with van der Waals surface area (Å²) in [4.78, 5) is 25.5. The average Bonchev–Trinajstić information content (AvgIpc) is 2.88. The summed E-state index contributed by atoms with van der Waals surface area (Å²) in [6.07, 6.45) is 6.85. The van der Waals surface area contributed by atoms with Gasteiger partial charge in [0.25, 0.3) is 5.91 Å². The minimum absolute atomic E-state index is 0.00369. The van der Waals surface area contributed by atoms with Crippen molar-refractivity contribution in [3.63, 3.8) is 0 Å². The Morgan fingerprint density at radius 1 is 1.12 bits per heavy atom. The van der Waals surface area contributed by atoms with E-state index in [2.05, 4.69) is 10.6 Å². The molecule has 1 aromatic carbocycles. The Morgan fingerprint density at radius 3 is 2.38 bits per heavy atom. The van der Waals surface area contributed by atoms with Gasteiger partial charge in [-0.1, -0.05) is 51.7 Å². The van der Waals surface area contributed by atoms with Gasteiger partial charge in [0.2, 0.25) is 5.91 Å².